The first-order valence-electron chi connectivity index (χ1n) is 10.3. The summed E-state index contributed by atoms with van der Waals surface area (Å²) in [6.07, 6.45) is -4.29. The molecule has 1 atom stereocenters. The van der Waals surface area contributed by atoms with Gasteiger partial charge in [0.15, 0.2) is 0 Å². The number of carbonyl (C=O) groups is 2. The van der Waals surface area contributed by atoms with E-state index in [1.54, 1.807) is 12.1 Å². The highest BCUT2D eigenvalue weighted by molar-refractivity contribution is 5.92. The van der Waals surface area contributed by atoms with E-state index in [1.165, 1.54) is 38.5 Å². The Hall–Kier alpha value is -3.31. The first kappa shape index (κ1) is 25.3. The molecular formula is C23H25F3N2O6. The van der Waals surface area contributed by atoms with E-state index < -0.39 is 29.1 Å². The van der Waals surface area contributed by atoms with E-state index in [9.17, 15) is 22.8 Å². The van der Waals surface area contributed by atoms with Crippen LogP contribution in [0.3, 0.4) is 0 Å². The van der Waals surface area contributed by atoms with Gasteiger partial charge < -0.3 is 29.6 Å². The van der Waals surface area contributed by atoms with Crippen LogP contribution in [-0.4, -0.2) is 51.4 Å². The van der Waals surface area contributed by atoms with Crippen molar-refractivity contribution in [1.82, 2.24) is 10.6 Å². The van der Waals surface area contributed by atoms with Crippen LogP contribution in [0.25, 0.3) is 0 Å². The van der Waals surface area contributed by atoms with Crippen molar-refractivity contribution in [3.8, 4) is 17.2 Å². The molecule has 1 aliphatic heterocycles. The molecule has 3 rings (SSSR count). The van der Waals surface area contributed by atoms with Crippen LogP contribution >= 0.6 is 0 Å². The molecule has 34 heavy (non-hydrogen) atoms. The number of nitrogens with one attached hydrogen (secondary N) is 2. The van der Waals surface area contributed by atoms with Crippen LogP contribution in [0.5, 0.6) is 17.2 Å². The fraction of sp³-hybridized carbons (Fsp3) is 0.391. The van der Waals surface area contributed by atoms with Gasteiger partial charge >= 0.3 is 6.18 Å². The number of ether oxygens (including phenoxy) is 4. The average Bonchev–Trinajstić information content (AvgIpc) is 3.27. The van der Waals surface area contributed by atoms with Crippen LogP contribution in [0.1, 0.15) is 17.5 Å². The van der Waals surface area contributed by atoms with E-state index in [0.29, 0.717) is 18.6 Å². The highest BCUT2D eigenvalue weighted by atomic mass is 19.4. The third-order valence-electron chi connectivity index (χ3n) is 5.21. The maximum absolute atomic E-state index is 13.4. The molecule has 1 fully saturated rings. The highest BCUT2D eigenvalue weighted by Crippen LogP contribution is 2.40. The molecule has 1 heterocycles. The molecule has 184 valence electrons. The normalized spacial score (nSPS) is 17.8. The molecule has 2 N–H and O–H groups in total. The second-order valence-electron chi connectivity index (χ2n) is 7.65. The first-order valence-corrected chi connectivity index (χ1v) is 10.3. The largest absolute Gasteiger partial charge is 0.497 e. The number of benzene rings is 2. The third-order valence-corrected chi connectivity index (χ3v) is 5.21. The van der Waals surface area contributed by atoms with Gasteiger partial charge in [-0.15, -0.1) is 0 Å². The van der Waals surface area contributed by atoms with Crippen molar-refractivity contribution in [3.05, 3.63) is 53.6 Å². The van der Waals surface area contributed by atoms with Gasteiger partial charge in [0.25, 0.3) is 0 Å². The molecule has 0 spiro atoms. The smallest absolute Gasteiger partial charge is 0.420 e. The molecule has 0 aromatic heterocycles. The molecule has 0 aliphatic carbocycles. The summed E-state index contributed by atoms with van der Waals surface area (Å²) in [5, 5.41) is 5.43. The number of methoxy groups -OCH3 is 2. The molecule has 1 unspecified atom stereocenters. The van der Waals surface area contributed by atoms with Gasteiger partial charge in [-0.3, -0.25) is 9.59 Å². The lowest BCUT2D eigenvalue weighted by atomic mass is 9.97. The van der Waals surface area contributed by atoms with Crippen molar-refractivity contribution in [2.45, 2.75) is 24.7 Å². The molecule has 1 saturated heterocycles. The Balaban J connectivity index is 1.64. The number of amides is 2. The topological polar surface area (TPSA) is 95.1 Å². The zero-order valence-corrected chi connectivity index (χ0v) is 18.7. The van der Waals surface area contributed by atoms with Crippen molar-refractivity contribution in [2.24, 2.45) is 0 Å². The monoisotopic (exact) mass is 482 g/mol. The van der Waals surface area contributed by atoms with Crippen LogP contribution < -0.4 is 20.1 Å². The van der Waals surface area contributed by atoms with E-state index in [0.717, 1.165) is 6.07 Å². The molecule has 2 amide bonds. The maximum atomic E-state index is 13.4. The van der Waals surface area contributed by atoms with Crippen LogP contribution in [0.2, 0.25) is 0 Å². The number of alkyl halides is 3. The fourth-order valence-electron chi connectivity index (χ4n) is 3.43. The van der Waals surface area contributed by atoms with E-state index in [1.807, 2.05) is 0 Å². The number of hydrogen-bond acceptors (Lipinski definition) is 6. The van der Waals surface area contributed by atoms with Crippen molar-refractivity contribution < 1.29 is 41.7 Å². The van der Waals surface area contributed by atoms with Crippen LogP contribution in [0.4, 0.5) is 13.2 Å². The van der Waals surface area contributed by atoms with Gasteiger partial charge in [-0.05, 0) is 35.9 Å². The number of carbonyl (C=O) groups excluding carboxylic acids is 2. The summed E-state index contributed by atoms with van der Waals surface area (Å²) < 4.78 is 60.5. The van der Waals surface area contributed by atoms with E-state index in [-0.39, 0.29) is 37.0 Å². The lowest BCUT2D eigenvalue weighted by molar-refractivity contribution is -0.138. The lowest BCUT2D eigenvalue weighted by Crippen LogP contribution is -2.59. The summed E-state index contributed by atoms with van der Waals surface area (Å²) in [6.45, 7) is 0.334. The fourth-order valence-corrected chi connectivity index (χ4v) is 3.43. The SMILES string of the molecule is COCC(=O)NC1(C(=O)NCc2ccc(Oc3ccc(OC)cc3C(F)(F)F)cc2)CCOC1. The Labute approximate surface area is 194 Å². The van der Waals surface area contributed by atoms with E-state index >= 15 is 0 Å². The molecule has 0 bridgehead atoms. The van der Waals surface area contributed by atoms with Gasteiger partial charge in [0.05, 0.1) is 13.7 Å². The molecule has 0 saturated carbocycles. The van der Waals surface area contributed by atoms with E-state index in [2.05, 4.69) is 10.6 Å². The van der Waals surface area contributed by atoms with Crippen LogP contribution in [0.15, 0.2) is 42.5 Å². The number of halogens is 3. The third kappa shape index (κ3) is 6.17. The molecule has 8 nitrogen and oxygen atoms in total. The Kier molecular flexibility index (Phi) is 8.00. The summed E-state index contributed by atoms with van der Waals surface area (Å²) >= 11 is 0. The van der Waals surface area contributed by atoms with Crippen LogP contribution in [-0.2, 0) is 31.8 Å². The summed E-state index contributed by atoms with van der Waals surface area (Å²) in [4.78, 5) is 24.7. The second kappa shape index (κ2) is 10.7. The van der Waals surface area contributed by atoms with Gasteiger partial charge in [-0.1, -0.05) is 12.1 Å². The van der Waals surface area contributed by atoms with Gasteiger partial charge in [0.1, 0.15) is 35.0 Å². The molecule has 11 heteroatoms. The standard InChI is InChI=1S/C23H25F3N2O6/c1-31-13-20(29)28-22(9-10-33-14-22)21(30)27-12-15-3-5-16(6-4-15)34-19-8-7-17(32-2)11-18(19)23(24,25)26/h3-8,11H,9-10,12-14H2,1-2H3,(H,27,30)(H,28,29). The minimum Gasteiger partial charge on any atom is -0.497 e. The Morgan fingerprint density at radius 1 is 1.09 bits per heavy atom. The predicted octanol–water partition coefficient (Wildman–Crippen LogP) is 3.04. The molecule has 0 radical (unpaired) electrons. The van der Waals surface area contributed by atoms with Crippen molar-refractivity contribution >= 4 is 11.8 Å². The van der Waals surface area contributed by atoms with Crippen LogP contribution in [0, 0.1) is 0 Å². The second-order valence-corrected chi connectivity index (χ2v) is 7.65. The summed E-state index contributed by atoms with van der Waals surface area (Å²) in [6, 6.07) is 9.68. The quantitative estimate of drug-likeness (QED) is 0.571. The Morgan fingerprint density at radius 2 is 1.79 bits per heavy atom. The van der Waals surface area contributed by atoms with Gasteiger partial charge in [0, 0.05) is 26.7 Å². The van der Waals surface area contributed by atoms with Crippen molar-refractivity contribution in [3.63, 3.8) is 0 Å². The summed E-state index contributed by atoms with van der Waals surface area (Å²) in [5.41, 5.74) is -1.45. The maximum Gasteiger partial charge on any atom is 0.420 e. The average molecular weight is 482 g/mol. The Bertz CT molecular complexity index is 1000. The zero-order valence-electron chi connectivity index (χ0n) is 18.7. The zero-order chi connectivity index (χ0) is 24.8. The molecule has 2 aromatic rings. The van der Waals surface area contributed by atoms with Crippen molar-refractivity contribution in [2.75, 3.05) is 34.0 Å². The molecule has 1 aliphatic rings. The van der Waals surface area contributed by atoms with Gasteiger partial charge in [-0.2, -0.15) is 13.2 Å². The van der Waals surface area contributed by atoms with Gasteiger partial charge in [-0.25, -0.2) is 0 Å². The first-order chi connectivity index (χ1) is 16.2. The lowest BCUT2D eigenvalue weighted by Gasteiger charge is -2.27. The Morgan fingerprint density at radius 3 is 2.38 bits per heavy atom. The number of rotatable bonds is 9. The minimum absolute atomic E-state index is 0.0461. The predicted molar refractivity (Wildman–Crippen MR) is 115 cm³/mol. The minimum atomic E-state index is -4.62. The summed E-state index contributed by atoms with van der Waals surface area (Å²) in [5.74, 6) is -0.929. The molecular weight excluding hydrogens is 457 g/mol. The highest BCUT2D eigenvalue weighted by Gasteiger charge is 2.43. The van der Waals surface area contributed by atoms with E-state index in [4.69, 9.17) is 18.9 Å². The number of hydrogen-bond donors (Lipinski definition) is 2. The summed E-state index contributed by atoms with van der Waals surface area (Å²) in [7, 11) is 2.66. The van der Waals surface area contributed by atoms with Crippen molar-refractivity contribution in [1.29, 1.82) is 0 Å². The van der Waals surface area contributed by atoms with Gasteiger partial charge in [0.2, 0.25) is 11.8 Å². The molecule has 2 aromatic carbocycles.